The lowest BCUT2D eigenvalue weighted by Gasteiger charge is -2.19. The summed E-state index contributed by atoms with van der Waals surface area (Å²) < 4.78 is 37.7. The molecule has 4 rings (SSSR count). The molecule has 8 nitrogen and oxygen atoms in total. The number of imide groups is 1. The number of pyridine rings is 1. The summed E-state index contributed by atoms with van der Waals surface area (Å²) in [6.45, 7) is 2.07. The second-order valence-corrected chi connectivity index (χ2v) is 9.34. The minimum Gasteiger partial charge on any atom is -0.334 e. The van der Waals surface area contributed by atoms with Crippen LogP contribution in [0.1, 0.15) is 24.0 Å². The van der Waals surface area contributed by atoms with Crippen molar-refractivity contribution in [2.24, 2.45) is 0 Å². The van der Waals surface area contributed by atoms with Crippen LogP contribution in [0.15, 0.2) is 77.8 Å². The van der Waals surface area contributed by atoms with Gasteiger partial charge in [-0.25, -0.2) is 19.5 Å². The lowest BCUT2D eigenvalue weighted by molar-refractivity contribution is -0.118. The normalized spacial score (nSPS) is 16.3. The number of urea groups is 2. The molecule has 1 aromatic heterocycles. The van der Waals surface area contributed by atoms with E-state index in [1.165, 1.54) is 30.5 Å². The average Bonchev–Trinajstić information content (AvgIpc) is 3.16. The van der Waals surface area contributed by atoms with Crippen LogP contribution < -0.4 is 20.9 Å². The smallest absolute Gasteiger partial charge is 0.334 e. The molecule has 1 saturated heterocycles. The Morgan fingerprint density at radius 3 is 2.49 bits per heavy atom. The molecular formula is C25H22F3N5O3S. The Morgan fingerprint density at radius 1 is 1.11 bits per heavy atom. The predicted molar refractivity (Wildman–Crippen MR) is 133 cm³/mol. The molecule has 1 aliphatic heterocycles. The Bertz CT molecular complexity index is 1290. The van der Waals surface area contributed by atoms with Gasteiger partial charge in [-0.2, -0.15) is 13.2 Å². The first-order valence-corrected chi connectivity index (χ1v) is 12.0. The van der Waals surface area contributed by atoms with Crippen molar-refractivity contribution >= 4 is 41.2 Å². The highest BCUT2D eigenvalue weighted by Crippen LogP contribution is 2.37. The third-order valence-electron chi connectivity index (χ3n) is 5.64. The fraction of sp³-hybridized carbons (Fsp3) is 0.200. The van der Waals surface area contributed by atoms with Crippen molar-refractivity contribution in [1.82, 2.24) is 15.6 Å². The molecule has 0 radical (unpaired) electrons. The number of carbonyl (C=O) groups excluding carboxylic acids is 3. The van der Waals surface area contributed by atoms with Crippen LogP contribution in [0.5, 0.6) is 0 Å². The van der Waals surface area contributed by atoms with Gasteiger partial charge in [0.15, 0.2) is 0 Å². The van der Waals surface area contributed by atoms with Gasteiger partial charge in [-0.15, -0.1) is 0 Å². The van der Waals surface area contributed by atoms with Gasteiger partial charge < -0.3 is 10.6 Å². The fourth-order valence-corrected chi connectivity index (χ4v) is 4.35. The first-order valence-electron chi connectivity index (χ1n) is 11.2. The number of hydrogen-bond acceptors (Lipinski definition) is 5. The molecule has 1 aliphatic rings. The van der Waals surface area contributed by atoms with Crippen LogP contribution in [0.4, 0.5) is 34.3 Å². The summed E-state index contributed by atoms with van der Waals surface area (Å²) in [5.41, 5.74) is -2.70. The summed E-state index contributed by atoms with van der Waals surface area (Å²) in [5.74, 6) is -0.764. The van der Waals surface area contributed by atoms with E-state index < -0.39 is 35.4 Å². The third-order valence-corrected chi connectivity index (χ3v) is 6.38. The number of carbonyl (C=O) groups is 3. The van der Waals surface area contributed by atoms with E-state index in [9.17, 15) is 27.6 Å². The van der Waals surface area contributed by atoms with Crippen LogP contribution >= 0.6 is 11.8 Å². The number of halogens is 3. The molecule has 5 amide bonds. The standard InChI is InChI=1S/C25H22F3N5O3S/c1-15(17-11-12-29-20(13-17)31-23(35)30-14-16-5-3-2-4-6-16)21-22(34)33(24(36)32-21)18-7-9-19(10-8-18)37-25(26,27)28/h2-13,15,21H,14H2,1H3,(H,32,36)(H2,29,30,31,35). The Morgan fingerprint density at radius 2 is 1.81 bits per heavy atom. The first kappa shape index (κ1) is 26.0. The number of thioether (sulfide) groups is 1. The van der Waals surface area contributed by atoms with Gasteiger partial charge in [0.05, 0.1) is 5.69 Å². The highest BCUT2D eigenvalue weighted by atomic mass is 32.2. The zero-order valence-electron chi connectivity index (χ0n) is 19.5. The predicted octanol–water partition coefficient (Wildman–Crippen LogP) is 5.24. The van der Waals surface area contributed by atoms with Crippen molar-refractivity contribution in [3.8, 4) is 0 Å². The second-order valence-electron chi connectivity index (χ2n) is 8.20. The first-order chi connectivity index (χ1) is 17.6. The maximum atomic E-state index is 13.1. The number of alkyl halides is 3. The van der Waals surface area contributed by atoms with Gasteiger partial charge in [0.2, 0.25) is 0 Å². The molecule has 1 fully saturated rings. The van der Waals surface area contributed by atoms with Gasteiger partial charge >= 0.3 is 17.6 Å². The average molecular weight is 530 g/mol. The van der Waals surface area contributed by atoms with Crippen LogP contribution in [0.3, 0.4) is 0 Å². The number of anilines is 2. The molecular weight excluding hydrogens is 507 g/mol. The molecule has 0 spiro atoms. The number of benzene rings is 2. The van der Waals surface area contributed by atoms with Crippen molar-refractivity contribution < 1.29 is 27.6 Å². The van der Waals surface area contributed by atoms with Crippen molar-refractivity contribution in [2.45, 2.75) is 35.8 Å². The van der Waals surface area contributed by atoms with Crippen molar-refractivity contribution in [2.75, 3.05) is 10.2 Å². The van der Waals surface area contributed by atoms with Crippen molar-refractivity contribution in [3.05, 3.63) is 84.1 Å². The SMILES string of the molecule is CC(c1ccnc(NC(=O)NCc2ccccc2)c1)C1NC(=O)N(c2ccc(SC(F)(F)F)cc2)C1=O. The van der Waals surface area contributed by atoms with Crippen LogP contribution in [-0.2, 0) is 11.3 Å². The highest BCUT2D eigenvalue weighted by Gasteiger charge is 2.42. The Labute approximate surface area is 214 Å². The van der Waals surface area contributed by atoms with Crippen LogP contribution in [-0.4, -0.2) is 34.5 Å². The topological polar surface area (TPSA) is 103 Å². The maximum Gasteiger partial charge on any atom is 0.446 e. The Kier molecular flexibility index (Phi) is 7.67. The molecule has 2 heterocycles. The summed E-state index contributed by atoms with van der Waals surface area (Å²) in [5, 5.41) is 8.01. The number of nitrogens with one attached hydrogen (secondary N) is 3. The maximum absolute atomic E-state index is 13.1. The molecule has 2 atom stereocenters. The molecule has 2 unspecified atom stereocenters. The van der Waals surface area contributed by atoms with E-state index in [1.807, 2.05) is 30.3 Å². The summed E-state index contributed by atoms with van der Waals surface area (Å²) in [4.78, 5) is 42.9. The van der Waals surface area contributed by atoms with Gasteiger partial charge in [0.1, 0.15) is 11.9 Å². The molecule has 3 aromatic rings. The molecule has 0 bridgehead atoms. The summed E-state index contributed by atoms with van der Waals surface area (Å²) in [6, 6.07) is 15.6. The van der Waals surface area contributed by atoms with Gasteiger partial charge in [0, 0.05) is 23.6 Å². The van der Waals surface area contributed by atoms with Gasteiger partial charge in [0.25, 0.3) is 5.91 Å². The highest BCUT2D eigenvalue weighted by molar-refractivity contribution is 8.00. The molecule has 12 heteroatoms. The zero-order valence-corrected chi connectivity index (χ0v) is 20.3. The monoisotopic (exact) mass is 529 g/mol. The lowest BCUT2D eigenvalue weighted by Crippen LogP contribution is -2.35. The number of hydrogen-bond donors (Lipinski definition) is 3. The largest absolute Gasteiger partial charge is 0.446 e. The molecule has 192 valence electrons. The van der Waals surface area contributed by atoms with E-state index in [0.717, 1.165) is 10.5 Å². The molecule has 2 aromatic carbocycles. The van der Waals surface area contributed by atoms with Crippen molar-refractivity contribution in [3.63, 3.8) is 0 Å². The quantitative estimate of drug-likeness (QED) is 0.287. The van der Waals surface area contributed by atoms with E-state index in [2.05, 4.69) is 20.9 Å². The number of rotatable bonds is 7. The minimum absolute atomic E-state index is 0.0576. The summed E-state index contributed by atoms with van der Waals surface area (Å²) in [7, 11) is 0. The Balaban J connectivity index is 1.41. The Hall–Kier alpha value is -4.06. The summed E-state index contributed by atoms with van der Waals surface area (Å²) >= 11 is -0.281. The molecule has 0 saturated carbocycles. The summed E-state index contributed by atoms with van der Waals surface area (Å²) in [6.07, 6.45) is 1.48. The van der Waals surface area contributed by atoms with E-state index >= 15 is 0 Å². The molecule has 3 N–H and O–H groups in total. The number of aromatic nitrogens is 1. The van der Waals surface area contributed by atoms with Gasteiger partial charge in [-0.3, -0.25) is 10.1 Å². The van der Waals surface area contributed by atoms with Crippen LogP contribution in [0.2, 0.25) is 0 Å². The zero-order chi connectivity index (χ0) is 26.6. The van der Waals surface area contributed by atoms with E-state index in [-0.39, 0.29) is 28.2 Å². The van der Waals surface area contributed by atoms with Crippen LogP contribution in [0, 0.1) is 0 Å². The van der Waals surface area contributed by atoms with E-state index in [0.29, 0.717) is 12.1 Å². The second kappa shape index (κ2) is 10.9. The molecule has 37 heavy (non-hydrogen) atoms. The molecule has 0 aliphatic carbocycles. The van der Waals surface area contributed by atoms with Gasteiger partial charge in [-0.1, -0.05) is 37.3 Å². The van der Waals surface area contributed by atoms with E-state index in [4.69, 9.17) is 0 Å². The third kappa shape index (κ3) is 6.58. The number of nitrogens with zero attached hydrogens (tertiary/aromatic N) is 2. The van der Waals surface area contributed by atoms with Gasteiger partial charge in [-0.05, 0) is 59.3 Å². The van der Waals surface area contributed by atoms with Crippen LogP contribution in [0.25, 0.3) is 0 Å². The van der Waals surface area contributed by atoms with E-state index in [1.54, 1.807) is 19.1 Å². The van der Waals surface area contributed by atoms with Crippen molar-refractivity contribution in [1.29, 1.82) is 0 Å². The lowest BCUT2D eigenvalue weighted by atomic mass is 9.94. The number of amides is 5. The fourth-order valence-electron chi connectivity index (χ4n) is 3.81. The minimum atomic E-state index is -4.44.